The Balaban J connectivity index is 1.53. The number of carbonyl (C=O) groups excluding carboxylic acids is 1. The van der Waals surface area contributed by atoms with Gasteiger partial charge in [-0.1, -0.05) is 12.1 Å². The van der Waals surface area contributed by atoms with E-state index in [9.17, 15) is 13.2 Å². The molecule has 0 aliphatic carbocycles. The highest BCUT2D eigenvalue weighted by Crippen LogP contribution is 2.35. The SMILES string of the molecule is CC(=O)N1c2ccc(S(=O)(=O)N3CCN(c4cc(C)ccc4C)CC3)cc2CC1C. The van der Waals surface area contributed by atoms with Crippen molar-refractivity contribution >= 4 is 27.3 Å². The van der Waals surface area contributed by atoms with E-state index in [1.54, 1.807) is 34.3 Å². The number of amides is 1. The summed E-state index contributed by atoms with van der Waals surface area (Å²) in [5.74, 6) is -0.0144. The smallest absolute Gasteiger partial charge is 0.243 e. The Hall–Kier alpha value is -2.38. The summed E-state index contributed by atoms with van der Waals surface area (Å²) in [6.07, 6.45) is 0.679. The standard InChI is InChI=1S/C23H29N3O3S/c1-16-5-6-17(2)23(13-16)24-9-11-25(12-10-24)30(28,29)21-7-8-22-20(15-21)14-18(3)26(22)19(4)27/h5-8,13,15,18H,9-12,14H2,1-4H3. The van der Waals surface area contributed by atoms with Gasteiger partial charge in [-0.3, -0.25) is 4.79 Å². The molecule has 0 saturated carbocycles. The van der Waals surface area contributed by atoms with Gasteiger partial charge in [-0.15, -0.1) is 0 Å². The summed E-state index contributed by atoms with van der Waals surface area (Å²) < 4.78 is 28.1. The Morgan fingerprint density at radius 3 is 2.33 bits per heavy atom. The highest BCUT2D eigenvalue weighted by molar-refractivity contribution is 7.89. The van der Waals surface area contributed by atoms with Crippen LogP contribution in [0.25, 0.3) is 0 Å². The van der Waals surface area contributed by atoms with E-state index in [-0.39, 0.29) is 11.9 Å². The summed E-state index contributed by atoms with van der Waals surface area (Å²) in [5.41, 5.74) is 5.35. The van der Waals surface area contributed by atoms with Crippen LogP contribution in [0, 0.1) is 13.8 Å². The molecule has 0 spiro atoms. The van der Waals surface area contributed by atoms with E-state index in [2.05, 4.69) is 36.9 Å². The van der Waals surface area contributed by atoms with E-state index in [1.807, 2.05) is 6.92 Å². The number of hydrogen-bond donors (Lipinski definition) is 0. The Labute approximate surface area is 179 Å². The molecule has 2 aliphatic rings. The van der Waals surface area contributed by atoms with Crippen LogP contribution in [0.5, 0.6) is 0 Å². The van der Waals surface area contributed by atoms with Crippen LogP contribution in [0.1, 0.15) is 30.5 Å². The van der Waals surface area contributed by atoms with E-state index in [0.717, 1.165) is 11.3 Å². The average molecular weight is 428 g/mol. The normalized spacial score (nSPS) is 19.8. The van der Waals surface area contributed by atoms with E-state index < -0.39 is 10.0 Å². The van der Waals surface area contributed by atoms with E-state index in [4.69, 9.17) is 0 Å². The maximum absolute atomic E-state index is 13.3. The molecule has 2 heterocycles. The van der Waals surface area contributed by atoms with Crippen molar-refractivity contribution < 1.29 is 13.2 Å². The van der Waals surface area contributed by atoms with Gasteiger partial charge in [-0.25, -0.2) is 8.42 Å². The van der Waals surface area contributed by atoms with Crippen molar-refractivity contribution in [2.24, 2.45) is 0 Å². The molecule has 6 nitrogen and oxygen atoms in total. The molecule has 0 radical (unpaired) electrons. The van der Waals surface area contributed by atoms with E-state index in [0.29, 0.717) is 37.5 Å². The van der Waals surface area contributed by atoms with Gasteiger partial charge in [0, 0.05) is 50.5 Å². The highest BCUT2D eigenvalue weighted by atomic mass is 32.2. The third kappa shape index (κ3) is 3.61. The van der Waals surface area contributed by atoms with Crippen molar-refractivity contribution in [3.8, 4) is 0 Å². The van der Waals surface area contributed by atoms with Gasteiger partial charge in [0.1, 0.15) is 0 Å². The average Bonchev–Trinajstić information content (AvgIpc) is 3.05. The van der Waals surface area contributed by atoms with Crippen molar-refractivity contribution in [2.75, 3.05) is 36.0 Å². The molecule has 1 atom stereocenters. The van der Waals surface area contributed by atoms with Crippen LogP contribution in [0.3, 0.4) is 0 Å². The molecule has 30 heavy (non-hydrogen) atoms. The fourth-order valence-electron chi connectivity index (χ4n) is 4.63. The maximum atomic E-state index is 13.3. The zero-order valence-corrected chi connectivity index (χ0v) is 18.9. The molecule has 0 N–H and O–H groups in total. The van der Waals surface area contributed by atoms with Crippen molar-refractivity contribution in [2.45, 2.75) is 45.1 Å². The summed E-state index contributed by atoms with van der Waals surface area (Å²) >= 11 is 0. The second-order valence-corrected chi connectivity index (χ2v) is 10.4. The van der Waals surface area contributed by atoms with Crippen LogP contribution in [0.2, 0.25) is 0 Å². The van der Waals surface area contributed by atoms with Gasteiger partial charge < -0.3 is 9.80 Å². The number of rotatable bonds is 3. The number of aryl methyl sites for hydroxylation is 2. The fraction of sp³-hybridized carbons (Fsp3) is 0.435. The minimum Gasteiger partial charge on any atom is -0.369 e. The Morgan fingerprint density at radius 1 is 0.967 bits per heavy atom. The van der Waals surface area contributed by atoms with Crippen LogP contribution >= 0.6 is 0 Å². The quantitative estimate of drug-likeness (QED) is 0.755. The first-order chi connectivity index (χ1) is 14.2. The maximum Gasteiger partial charge on any atom is 0.243 e. The van der Waals surface area contributed by atoms with Gasteiger partial charge >= 0.3 is 0 Å². The van der Waals surface area contributed by atoms with Gasteiger partial charge in [-0.05, 0) is 68.1 Å². The van der Waals surface area contributed by atoms with Crippen molar-refractivity contribution in [1.29, 1.82) is 0 Å². The molecule has 2 aromatic rings. The zero-order chi connectivity index (χ0) is 21.6. The zero-order valence-electron chi connectivity index (χ0n) is 18.1. The molecular weight excluding hydrogens is 398 g/mol. The lowest BCUT2D eigenvalue weighted by atomic mass is 10.1. The van der Waals surface area contributed by atoms with E-state index in [1.165, 1.54) is 16.8 Å². The number of carbonyl (C=O) groups is 1. The van der Waals surface area contributed by atoms with Crippen molar-refractivity contribution in [1.82, 2.24) is 4.31 Å². The summed E-state index contributed by atoms with van der Waals surface area (Å²) in [6, 6.07) is 11.6. The van der Waals surface area contributed by atoms with Gasteiger partial charge in [0.05, 0.1) is 4.90 Å². The minimum atomic E-state index is -3.56. The van der Waals surface area contributed by atoms with Gasteiger partial charge in [0.25, 0.3) is 0 Å². The lowest BCUT2D eigenvalue weighted by molar-refractivity contribution is -0.116. The minimum absolute atomic E-state index is 0.0144. The predicted octanol–water partition coefficient (Wildman–Crippen LogP) is 3.11. The van der Waals surface area contributed by atoms with Gasteiger partial charge in [0.15, 0.2) is 0 Å². The monoisotopic (exact) mass is 427 g/mol. The van der Waals surface area contributed by atoms with Crippen LogP contribution in [0.15, 0.2) is 41.3 Å². The molecule has 7 heteroatoms. The Bertz CT molecular complexity index is 1090. The number of nitrogens with zero attached hydrogens (tertiary/aromatic N) is 3. The number of piperazine rings is 1. The Morgan fingerprint density at radius 2 is 1.67 bits per heavy atom. The molecular formula is C23H29N3O3S. The molecule has 2 aromatic carbocycles. The van der Waals surface area contributed by atoms with Crippen LogP contribution < -0.4 is 9.80 Å². The highest BCUT2D eigenvalue weighted by Gasteiger charge is 2.33. The first-order valence-electron chi connectivity index (χ1n) is 10.4. The van der Waals surface area contributed by atoms with Crippen LogP contribution in [-0.4, -0.2) is 50.9 Å². The summed E-state index contributed by atoms with van der Waals surface area (Å²) in [6.45, 7) is 9.96. The number of sulfonamides is 1. The predicted molar refractivity (Wildman–Crippen MR) is 120 cm³/mol. The molecule has 2 aliphatic heterocycles. The van der Waals surface area contributed by atoms with Gasteiger partial charge in [-0.2, -0.15) is 4.31 Å². The Kier molecular flexibility index (Phi) is 5.36. The second kappa shape index (κ2) is 7.71. The first-order valence-corrected chi connectivity index (χ1v) is 11.9. The van der Waals surface area contributed by atoms with Crippen LogP contribution in [-0.2, 0) is 21.2 Å². The molecule has 1 saturated heterocycles. The number of benzene rings is 2. The third-order valence-electron chi connectivity index (χ3n) is 6.19. The molecule has 1 amide bonds. The lowest BCUT2D eigenvalue weighted by Gasteiger charge is -2.36. The topological polar surface area (TPSA) is 60.9 Å². The fourth-order valence-corrected chi connectivity index (χ4v) is 6.10. The lowest BCUT2D eigenvalue weighted by Crippen LogP contribution is -2.48. The first kappa shape index (κ1) is 20.9. The third-order valence-corrected chi connectivity index (χ3v) is 8.08. The van der Waals surface area contributed by atoms with Crippen LogP contribution in [0.4, 0.5) is 11.4 Å². The number of fused-ring (bicyclic) bond motifs is 1. The summed E-state index contributed by atoms with van der Waals surface area (Å²) in [4.78, 5) is 16.3. The van der Waals surface area contributed by atoms with Crippen molar-refractivity contribution in [3.63, 3.8) is 0 Å². The molecule has 0 bridgehead atoms. The molecule has 1 unspecified atom stereocenters. The molecule has 4 rings (SSSR count). The number of hydrogen-bond acceptors (Lipinski definition) is 4. The summed E-state index contributed by atoms with van der Waals surface area (Å²) in [7, 11) is -3.56. The van der Waals surface area contributed by atoms with Gasteiger partial charge in [0.2, 0.25) is 15.9 Å². The number of anilines is 2. The molecule has 0 aromatic heterocycles. The largest absolute Gasteiger partial charge is 0.369 e. The molecule has 1 fully saturated rings. The molecule has 160 valence electrons. The second-order valence-electron chi connectivity index (χ2n) is 8.41. The summed E-state index contributed by atoms with van der Waals surface area (Å²) in [5, 5.41) is 0. The van der Waals surface area contributed by atoms with E-state index >= 15 is 0 Å². The van der Waals surface area contributed by atoms with Crippen molar-refractivity contribution in [3.05, 3.63) is 53.1 Å².